The molecule has 0 aliphatic heterocycles. The Balaban J connectivity index is 1.85. The van der Waals surface area contributed by atoms with E-state index in [9.17, 15) is 19.1 Å². The summed E-state index contributed by atoms with van der Waals surface area (Å²) in [5.41, 5.74) is -0.801. The molecule has 2 N–H and O–H groups in total. The van der Waals surface area contributed by atoms with Gasteiger partial charge >= 0.3 is 0 Å². The molecule has 0 fully saturated rings. The predicted molar refractivity (Wildman–Crippen MR) is 74.5 cm³/mol. The molecule has 1 aliphatic rings. The molecule has 2 aromatic carbocycles. The first-order valence-corrected chi connectivity index (χ1v) is 6.43. The number of rotatable bonds is 2. The fourth-order valence-electron chi connectivity index (χ4n) is 2.43. The van der Waals surface area contributed by atoms with Gasteiger partial charge in [0.1, 0.15) is 5.82 Å². The molecule has 3 rings (SSSR count). The van der Waals surface area contributed by atoms with Crippen LogP contribution in [-0.2, 0) is 11.2 Å². The van der Waals surface area contributed by atoms with Gasteiger partial charge in [-0.1, -0.05) is 24.3 Å². The maximum absolute atomic E-state index is 12.8. The van der Waals surface area contributed by atoms with Gasteiger partial charge in [-0.3, -0.25) is 9.59 Å². The van der Waals surface area contributed by atoms with E-state index in [-0.39, 0.29) is 6.42 Å². The minimum Gasteiger partial charge on any atom is -0.373 e. The van der Waals surface area contributed by atoms with Crippen molar-refractivity contribution < 1.29 is 19.1 Å². The number of aliphatic hydroxyl groups is 1. The predicted octanol–water partition coefficient (Wildman–Crippen LogP) is 1.93. The summed E-state index contributed by atoms with van der Waals surface area (Å²) in [5, 5.41) is 12.9. The molecule has 1 atom stereocenters. The first-order chi connectivity index (χ1) is 10.0. The zero-order valence-electron chi connectivity index (χ0n) is 11.0. The SMILES string of the molecule is O=C(Nc1ccc(F)cc1)[C@]1(O)Cc2ccccc2C1=O. The average Bonchev–Trinajstić information content (AvgIpc) is 2.75. The monoisotopic (exact) mass is 285 g/mol. The van der Waals surface area contributed by atoms with Crippen LogP contribution >= 0.6 is 0 Å². The lowest BCUT2D eigenvalue weighted by atomic mass is 9.98. The summed E-state index contributed by atoms with van der Waals surface area (Å²) >= 11 is 0. The van der Waals surface area contributed by atoms with E-state index in [1.165, 1.54) is 24.3 Å². The van der Waals surface area contributed by atoms with E-state index in [4.69, 9.17) is 0 Å². The zero-order chi connectivity index (χ0) is 15.0. The second-order valence-electron chi connectivity index (χ2n) is 4.98. The smallest absolute Gasteiger partial charge is 0.264 e. The van der Waals surface area contributed by atoms with Crippen molar-refractivity contribution in [2.45, 2.75) is 12.0 Å². The number of amides is 1. The maximum atomic E-state index is 12.8. The fraction of sp³-hybridized carbons (Fsp3) is 0.125. The highest BCUT2D eigenvalue weighted by Gasteiger charge is 2.49. The molecule has 0 aromatic heterocycles. The van der Waals surface area contributed by atoms with Crippen molar-refractivity contribution in [2.75, 3.05) is 5.32 Å². The molecule has 0 radical (unpaired) electrons. The van der Waals surface area contributed by atoms with Gasteiger partial charge in [-0.05, 0) is 29.8 Å². The third-order valence-electron chi connectivity index (χ3n) is 3.56. The van der Waals surface area contributed by atoms with Crippen molar-refractivity contribution in [2.24, 2.45) is 0 Å². The summed E-state index contributed by atoms with van der Waals surface area (Å²) < 4.78 is 12.8. The Morgan fingerprint density at radius 3 is 2.48 bits per heavy atom. The van der Waals surface area contributed by atoms with Crippen LogP contribution in [0, 0.1) is 5.82 Å². The lowest BCUT2D eigenvalue weighted by molar-refractivity contribution is -0.129. The quantitative estimate of drug-likeness (QED) is 0.829. The summed E-state index contributed by atoms with van der Waals surface area (Å²) in [6.45, 7) is 0. The van der Waals surface area contributed by atoms with Crippen LogP contribution in [0.4, 0.5) is 10.1 Å². The van der Waals surface area contributed by atoms with Crippen LogP contribution in [-0.4, -0.2) is 22.4 Å². The molecule has 5 heteroatoms. The normalized spacial score (nSPS) is 20.2. The summed E-state index contributed by atoms with van der Waals surface area (Å²) in [6, 6.07) is 11.8. The summed E-state index contributed by atoms with van der Waals surface area (Å²) in [4.78, 5) is 24.5. The van der Waals surface area contributed by atoms with E-state index in [1.807, 2.05) is 0 Å². The van der Waals surface area contributed by atoms with Crippen LogP contribution in [0.25, 0.3) is 0 Å². The molecular formula is C16H12FNO3. The number of Topliss-reactive ketones (excluding diaryl/α,β-unsaturated/α-hetero) is 1. The number of anilines is 1. The third kappa shape index (κ3) is 2.21. The number of carbonyl (C=O) groups is 2. The van der Waals surface area contributed by atoms with Gasteiger partial charge in [0.25, 0.3) is 5.91 Å². The molecule has 0 spiro atoms. The highest BCUT2D eigenvalue weighted by molar-refractivity contribution is 6.22. The lowest BCUT2D eigenvalue weighted by Crippen LogP contribution is -2.48. The number of hydrogen-bond acceptors (Lipinski definition) is 3. The highest BCUT2D eigenvalue weighted by Crippen LogP contribution is 2.31. The molecule has 1 amide bonds. The minimum absolute atomic E-state index is 0.0605. The third-order valence-corrected chi connectivity index (χ3v) is 3.56. The van der Waals surface area contributed by atoms with E-state index < -0.39 is 23.1 Å². The topological polar surface area (TPSA) is 66.4 Å². The van der Waals surface area contributed by atoms with Crippen LogP contribution < -0.4 is 5.32 Å². The Hall–Kier alpha value is -2.53. The Kier molecular flexibility index (Phi) is 3.07. The number of fused-ring (bicyclic) bond motifs is 1. The number of benzene rings is 2. The number of ketones is 1. The van der Waals surface area contributed by atoms with Gasteiger partial charge < -0.3 is 10.4 Å². The summed E-state index contributed by atoms with van der Waals surface area (Å²) in [6.07, 6.45) is -0.0605. The van der Waals surface area contributed by atoms with Gasteiger partial charge in [0.05, 0.1) is 0 Å². The highest BCUT2D eigenvalue weighted by atomic mass is 19.1. The largest absolute Gasteiger partial charge is 0.373 e. The van der Waals surface area contributed by atoms with Crippen molar-refractivity contribution in [1.29, 1.82) is 0 Å². The van der Waals surface area contributed by atoms with Crippen molar-refractivity contribution in [3.8, 4) is 0 Å². The Bertz CT molecular complexity index is 727. The van der Waals surface area contributed by atoms with E-state index in [1.54, 1.807) is 24.3 Å². The van der Waals surface area contributed by atoms with Gasteiger partial charge in [-0.2, -0.15) is 0 Å². The van der Waals surface area contributed by atoms with Gasteiger partial charge in [0, 0.05) is 17.7 Å². The van der Waals surface area contributed by atoms with E-state index >= 15 is 0 Å². The molecule has 21 heavy (non-hydrogen) atoms. The standard InChI is InChI=1S/C16H12FNO3/c17-11-5-7-12(8-6-11)18-15(20)16(21)9-10-3-1-2-4-13(10)14(16)19/h1-8,21H,9H2,(H,18,20)/t16-/m0/s1. The number of carbonyl (C=O) groups excluding carboxylic acids is 2. The van der Waals surface area contributed by atoms with Crippen LogP contribution in [0.5, 0.6) is 0 Å². The second-order valence-corrected chi connectivity index (χ2v) is 4.98. The molecule has 0 saturated carbocycles. The van der Waals surface area contributed by atoms with Crippen LogP contribution in [0.2, 0.25) is 0 Å². The molecule has 0 heterocycles. The summed E-state index contributed by atoms with van der Waals surface area (Å²) in [5.74, 6) is -1.86. The minimum atomic E-state index is -2.11. The molecule has 0 saturated heterocycles. The number of nitrogens with one attached hydrogen (secondary N) is 1. The van der Waals surface area contributed by atoms with Crippen molar-refractivity contribution in [1.82, 2.24) is 0 Å². The van der Waals surface area contributed by atoms with E-state index in [0.29, 0.717) is 16.8 Å². The Morgan fingerprint density at radius 2 is 1.81 bits per heavy atom. The molecular weight excluding hydrogens is 273 g/mol. The van der Waals surface area contributed by atoms with E-state index in [2.05, 4.69) is 5.32 Å². The zero-order valence-corrected chi connectivity index (χ0v) is 11.0. The lowest BCUT2D eigenvalue weighted by Gasteiger charge is -2.19. The van der Waals surface area contributed by atoms with Gasteiger partial charge in [0.2, 0.25) is 11.4 Å². The maximum Gasteiger partial charge on any atom is 0.264 e. The molecule has 1 aliphatic carbocycles. The van der Waals surface area contributed by atoms with Gasteiger partial charge in [-0.15, -0.1) is 0 Å². The van der Waals surface area contributed by atoms with Crippen LogP contribution in [0.1, 0.15) is 15.9 Å². The number of halogens is 1. The first kappa shape index (κ1) is 13.5. The van der Waals surface area contributed by atoms with Crippen LogP contribution in [0.3, 0.4) is 0 Å². The van der Waals surface area contributed by atoms with Crippen LogP contribution in [0.15, 0.2) is 48.5 Å². The average molecular weight is 285 g/mol. The Labute approximate surface area is 120 Å². The fourth-order valence-corrected chi connectivity index (χ4v) is 2.43. The van der Waals surface area contributed by atoms with Crippen molar-refractivity contribution in [3.05, 3.63) is 65.5 Å². The van der Waals surface area contributed by atoms with Crippen molar-refractivity contribution >= 4 is 17.4 Å². The molecule has 2 aromatic rings. The Morgan fingerprint density at radius 1 is 1.14 bits per heavy atom. The second kappa shape index (κ2) is 4.79. The first-order valence-electron chi connectivity index (χ1n) is 6.43. The summed E-state index contributed by atoms with van der Waals surface area (Å²) in [7, 11) is 0. The molecule has 0 unspecified atom stereocenters. The number of hydrogen-bond donors (Lipinski definition) is 2. The molecule has 106 valence electrons. The molecule has 4 nitrogen and oxygen atoms in total. The van der Waals surface area contributed by atoms with Gasteiger partial charge in [0.15, 0.2) is 0 Å². The molecule has 0 bridgehead atoms. The van der Waals surface area contributed by atoms with Gasteiger partial charge in [-0.25, -0.2) is 4.39 Å². The van der Waals surface area contributed by atoms with Crippen molar-refractivity contribution in [3.63, 3.8) is 0 Å². The van der Waals surface area contributed by atoms with E-state index in [0.717, 1.165) is 0 Å².